The van der Waals surface area contributed by atoms with E-state index in [1.165, 1.54) is 6.20 Å². The van der Waals surface area contributed by atoms with Crippen LogP contribution in [-0.2, 0) is 0 Å². The summed E-state index contributed by atoms with van der Waals surface area (Å²) >= 11 is 0. The molecule has 28 heavy (non-hydrogen) atoms. The monoisotopic (exact) mass is 369 g/mol. The smallest absolute Gasteiger partial charge is 0.274 e. The van der Waals surface area contributed by atoms with Gasteiger partial charge in [0.25, 0.3) is 5.91 Å². The highest BCUT2D eigenvalue weighted by Crippen LogP contribution is 2.22. The van der Waals surface area contributed by atoms with Crippen molar-refractivity contribution in [3.05, 3.63) is 88.2 Å². The quantitative estimate of drug-likeness (QED) is 0.479. The number of hydrogen-bond donors (Lipinski definition) is 3. The van der Waals surface area contributed by atoms with E-state index in [4.69, 9.17) is 16.4 Å². The maximum Gasteiger partial charge on any atom is 0.274 e. The predicted molar refractivity (Wildman–Crippen MR) is 110 cm³/mol. The van der Waals surface area contributed by atoms with Crippen LogP contribution in [0, 0.1) is 30.6 Å². The van der Waals surface area contributed by atoms with Crippen molar-refractivity contribution >= 4 is 23.0 Å². The number of carbonyl (C=O) groups is 1. The Kier molecular flexibility index (Phi) is 5.18. The summed E-state index contributed by atoms with van der Waals surface area (Å²) < 4.78 is 0. The van der Waals surface area contributed by atoms with Crippen molar-refractivity contribution in [1.29, 1.82) is 10.7 Å². The molecule has 0 aliphatic heterocycles. The molecule has 138 valence electrons. The van der Waals surface area contributed by atoms with Crippen molar-refractivity contribution < 1.29 is 4.79 Å². The van der Waals surface area contributed by atoms with Gasteiger partial charge in [-0.2, -0.15) is 5.26 Å². The van der Waals surface area contributed by atoms with E-state index in [-0.39, 0.29) is 17.3 Å². The number of benzene rings is 2. The molecule has 0 bridgehead atoms. The Morgan fingerprint density at radius 3 is 2.50 bits per heavy atom. The number of nitrogens with two attached hydrogens (primary N) is 1. The summed E-state index contributed by atoms with van der Waals surface area (Å²) in [7, 11) is 0. The number of aryl methyl sites for hydroxylation is 2. The topological polar surface area (TPSA) is 116 Å². The van der Waals surface area contributed by atoms with E-state index in [0.717, 1.165) is 11.1 Å². The van der Waals surface area contributed by atoms with E-state index in [0.29, 0.717) is 28.1 Å². The van der Waals surface area contributed by atoms with Crippen molar-refractivity contribution in [2.24, 2.45) is 0 Å². The molecule has 1 amide bonds. The zero-order valence-corrected chi connectivity index (χ0v) is 15.6. The van der Waals surface area contributed by atoms with Gasteiger partial charge in [0, 0.05) is 28.7 Å². The maximum atomic E-state index is 12.6. The summed E-state index contributed by atoms with van der Waals surface area (Å²) in [4.78, 5) is 16.6. The molecule has 0 aliphatic rings. The molecule has 0 saturated heterocycles. The zero-order valence-electron chi connectivity index (χ0n) is 15.6. The van der Waals surface area contributed by atoms with Crippen molar-refractivity contribution in [2.45, 2.75) is 13.8 Å². The fraction of sp³-hybridized carbons (Fsp3) is 0.0909. The van der Waals surface area contributed by atoms with Crippen LogP contribution in [0.4, 0.5) is 11.4 Å². The molecule has 1 heterocycles. The number of hydrogen-bond acceptors (Lipinski definition) is 5. The minimum absolute atomic E-state index is 0.242. The SMILES string of the molecule is Cc1ccc(C(=N)c2cc(NC(=O)c3ncc(C#N)cc3C)ccc2N)cc1. The van der Waals surface area contributed by atoms with Gasteiger partial charge in [-0.15, -0.1) is 0 Å². The van der Waals surface area contributed by atoms with Gasteiger partial charge >= 0.3 is 0 Å². The van der Waals surface area contributed by atoms with Crippen LogP contribution in [0.3, 0.4) is 0 Å². The number of carbonyl (C=O) groups excluding carboxylic acids is 1. The van der Waals surface area contributed by atoms with E-state index in [2.05, 4.69) is 10.3 Å². The van der Waals surface area contributed by atoms with E-state index in [1.54, 1.807) is 31.2 Å². The number of anilines is 2. The molecule has 3 rings (SSSR count). The van der Waals surface area contributed by atoms with Gasteiger partial charge in [-0.1, -0.05) is 29.8 Å². The highest BCUT2D eigenvalue weighted by molar-refractivity contribution is 6.14. The van der Waals surface area contributed by atoms with E-state index >= 15 is 0 Å². The Labute approximate surface area is 163 Å². The molecule has 3 aromatic rings. The van der Waals surface area contributed by atoms with Crippen molar-refractivity contribution in [1.82, 2.24) is 4.98 Å². The molecule has 2 aromatic carbocycles. The van der Waals surface area contributed by atoms with Gasteiger partial charge in [-0.25, -0.2) is 4.98 Å². The average Bonchev–Trinajstić information content (AvgIpc) is 2.69. The third-order valence-corrected chi connectivity index (χ3v) is 4.34. The Bertz CT molecular complexity index is 1110. The largest absolute Gasteiger partial charge is 0.398 e. The molecular weight excluding hydrogens is 350 g/mol. The van der Waals surface area contributed by atoms with E-state index in [1.807, 2.05) is 37.3 Å². The number of amides is 1. The number of pyridine rings is 1. The number of rotatable bonds is 4. The first-order chi connectivity index (χ1) is 13.4. The van der Waals surface area contributed by atoms with Gasteiger partial charge in [0.2, 0.25) is 0 Å². The Hall–Kier alpha value is -3.98. The van der Waals surface area contributed by atoms with Crippen LogP contribution < -0.4 is 11.1 Å². The molecule has 0 saturated carbocycles. The minimum Gasteiger partial charge on any atom is -0.398 e. The zero-order chi connectivity index (χ0) is 20.3. The van der Waals surface area contributed by atoms with Crippen LogP contribution >= 0.6 is 0 Å². The summed E-state index contributed by atoms with van der Waals surface area (Å²) in [5, 5.41) is 20.2. The highest BCUT2D eigenvalue weighted by atomic mass is 16.1. The number of aromatic nitrogens is 1. The van der Waals surface area contributed by atoms with Gasteiger partial charge in [0.05, 0.1) is 11.3 Å². The Morgan fingerprint density at radius 1 is 1.14 bits per heavy atom. The van der Waals surface area contributed by atoms with Crippen LogP contribution in [0.1, 0.15) is 38.3 Å². The van der Waals surface area contributed by atoms with Crippen molar-refractivity contribution in [2.75, 3.05) is 11.1 Å². The molecule has 0 atom stereocenters. The van der Waals surface area contributed by atoms with Gasteiger partial charge in [0.15, 0.2) is 0 Å². The molecular formula is C22H19N5O. The lowest BCUT2D eigenvalue weighted by Gasteiger charge is -2.12. The lowest BCUT2D eigenvalue weighted by atomic mass is 9.99. The van der Waals surface area contributed by atoms with Gasteiger partial charge < -0.3 is 11.1 Å². The molecule has 1 aromatic heterocycles. The molecule has 6 nitrogen and oxygen atoms in total. The Balaban J connectivity index is 1.87. The summed E-state index contributed by atoms with van der Waals surface area (Å²) in [6, 6.07) is 16.2. The van der Waals surface area contributed by atoms with Gasteiger partial charge in [-0.3, -0.25) is 10.2 Å². The van der Waals surface area contributed by atoms with Crippen LogP contribution in [-0.4, -0.2) is 16.6 Å². The van der Waals surface area contributed by atoms with E-state index in [9.17, 15) is 4.79 Å². The Morgan fingerprint density at radius 2 is 1.86 bits per heavy atom. The van der Waals surface area contributed by atoms with Gasteiger partial charge in [0.1, 0.15) is 11.8 Å². The number of nitriles is 1. The van der Waals surface area contributed by atoms with Gasteiger partial charge in [-0.05, 0) is 43.7 Å². The fourth-order valence-corrected chi connectivity index (χ4v) is 2.79. The molecule has 4 N–H and O–H groups in total. The third-order valence-electron chi connectivity index (χ3n) is 4.34. The first-order valence-corrected chi connectivity index (χ1v) is 8.62. The van der Waals surface area contributed by atoms with Crippen LogP contribution in [0.2, 0.25) is 0 Å². The van der Waals surface area contributed by atoms with Crippen LogP contribution in [0.15, 0.2) is 54.7 Å². The second-order valence-electron chi connectivity index (χ2n) is 6.50. The summed E-state index contributed by atoms with van der Waals surface area (Å²) in [5.41, 5.74) is 10.9. The fourth-order valence-electron chi connectivity index (χ4n) is 2.79. The van der Waals surface area contributed by atoms with Crippen LogP contribution in [0.25, 0.3) is 0 Å². The normalized spacial score (nSPS) is 10.2. The van der Waals surface area contributed by atoms with Crippen molar-refractivity contribution in [3.63, 3.8) is 0 Å². The van der Waals surface area contributed by atoms with Crippen LogP contribution in [0.5, 0.6) is 0 Å². The molecule has 0 aliphatic carbocycles. The number of nitrogen functional groups attached to an aromatic ring is 1. The molecule has 0 radical (unpaired) electrons. The summed E-state index contributed by atoms with van der Waals surface area (Å²) in [6.45, 7) is 3.71. The maximum absolute atomic E-state index is 12.6. The number of nitrogens with zero attached hydrogens (tertiary/aromatic N) is 2. The predicted octanol–water partition coefficient (Wildman–Crippen LogP) is 3.82. The second-order valence-corrected chi connectivity index (χ2v) is 6.50. The summed E-state index contributed by atoms with van der Waals surface area (Å²) in [6.07, 6.45) is 1.36. The molecule has 0 spiro atoms. The second kappa shape index (κ2) is 7.72. The molecule has 6 heteroatoms. The highest BCUT2D eigenvalue weighted by Gasteiger charge is 2.14. The summed E-state index contributed by atoms with van der Waals surface area (Å²) in [5.74, 6) is -0.389. The molecule has 0 unspecified atom stereocenters. The minimum atomic E-state index is -0.389. The first-order valence-electron chi connectivity index (χ1n) is 8.62. The van der Waals surface area contributed by atoms with Crippen molar-refractivity contribution in [3.8, 4) is 6.07 Å². The lowest BCUT2D eigenvalue weighted by Crippen LogP contribution is -2.16. The first kappa shape index (κ1) is 18.8. The molecule has 0 fully saturated rings. The standard InChI is InChI=1S/C22H19N5O/c1-13-3-5-16(6-4-13)20(25)18-10-17(7-8-19(18)24)27-22(28)21-14(2)9-15(11-23)12-26-21/h3-10,12,25H,24H2,1-2H3,(H,27,28). The average molecular weight is 369 g/mol. The third kappa shape index (κ3) is 3.89. The lowest BCUT2D eigenvalue weighted by molar-refractivity contribution is 0.102. The number of nitrogens with one attached hydrogen (secondary N) is 2. The van der Waals surface area contributed by atoms with E-state index < -0.39 is 0 Å².